The molecule has 3 heterocycles. The molecule has 3 aromatic rings. The second-order valence-corrected chi connectivity index (χ2v) is 9.76. The number of amides is 2. The number of carbonyl (C=O) groups excluding carboxylic acids is 2. The van der Waals surface area contributed by atoms with Crippen LogP contribution in [0.1, 0.15) is 45.9 Å². The summed E-state index contributed by atoms with van der Waals surface area (Å²) in [4.78, 5) is 32.7. The number of nitrogens with zero attached hydrogens (tertiary/aromatic N) is 4. The van der Waals surface area contributed by atoms with Gasteiger partial charge in [0.05, 0.1) is 24.9 Å². The molecule has 0 spiro atoms. The first-order valence-corrected chi connectivity index (χ1v) is 12.4. The Balaban J connectivity index is 1.37. The fraction of sp³-hybridized carbons (Fsp3) is 0.385. The van der Waals surface area contributed by atoms with Crippen molar-refractivity contribution in [2.75, 3.05) is 19.0 Å². The summed E-state index contributed by atoms with van der Waals surface area (Å²) in [7, 11) is 1.62. The highest BCUT2D eigenvalue weighted by molar-refractivity contribution is 7.16. The number of thiophene rings is 1. The molecule has 1 aliphatic heterocycles. The maximum absolute atomic E-state index is 12.9. The highest BCUT2D eigenvalue weighted by Crippen LogP contribution is 2.37. The highest BCUT2D eigenvalue weighted by atomic mass is 32.1. The van der Waals surface area contributed by atoms with Gasteiger partial charge in [0.1, 0.15) is 22.6 Å². The van der Waals surface area contributed by atoms with Gasteiger partial charge in [-0.15, -0.1) is 11.3 Å². The van der Waals surface area contributed by atoms with Crippen molar-refractivity contribution in [2.24, 2.45) is 0 Å². The number of aryl methyl sites for hydroxylation is 4. The molecule has 2 amide bonds. The van der Waals surface area contributed by atoms with E-state index in [1.54, 1.807) is 7.11 Å². The minimum absolute atomic E-state index is 0.0807. The lowest BCUT2D eigenvalue weighted by atomic mass is 10.0. The van der Waals surface area contributed by atoms with Gasteiger partial charge in [-0.1, -0.05) is 12.1 Å². The minimum atomic E-state index is -0.137. The van der Waals surface area contributed by atoms with Crippen molar-refractivity contribution in [1.29, 1.82) is 5.26 Å². The van der Waals surface area contributed by atoms with E-state index in [0.717, 1.165) is 33.3 Å². The molecule has 0 aliphatic carbocycles. The van der Waals surface area contributed by atoms with Gasteiger partial charge < -0.3 is 19.5 Å². The van der Waals surface area contributed by atoms with E-state index >= 15 is 0 Å². The van der Waals surface area contributed by atoms with E-state index in [1.807, 2.05) is 53.8 Å². The van der Waals surface area contributed by atoms with Gasteiger partial charge in [-0.05, 0) is 49.9 Å². The van der Waals surface area contributed by atoms with Crippen molar-refractivity contribution in [2.45, 2.75) is 52.6 Å². The Labute approximate surface area is 209 Å². The summed E-state index contributed by atoms with van der Waals surface area (Å²) < 4.78 is 7.24. The summed E-state index contributed by atoms with van der Waals surface area (Å²) in [6.45, 7) is 5.51. The fourth-order valence-electron chi connectivity index (χ4n) is 4.37. The van der Waals surface area contributed by atoms with E-state index in [0.29, 0.717) is 55.9 Å². The summed E-state index contributed by atoms with van der Waals surface area (Å²) in [5.41, 5.74) is 3.43. The van der Waals surface area contributed by atoms with Gasteiger partial charge in [0.2, 0.25) is 11.8 Å². The maximum Gasteiger partial charge on any atom is 0.225 e. The van der Waals surface area contributed by atoms with Crippen LogP contribution in [0.5, 0.6) is 5.75 Å². The first kappa shape index (κ1) is 24.5. The number of nitrogens with one attached hydrogen (secondary N) is 1. The van der Waals surface area contributed by atoms with Crippen LogP contribution < -0.4 is 10.1 Å². The summed E-state index contributed by atoms with van der Waals surface area (Å²) in [6.07, 6.45) is 3.85. The molecule has 0 fully saturated rings. The number of ether oxygens (including phenoxy) is 1. The number of hydrogen-bond acceptors (Lipinski definition) is 6. The molecule has 9 heteroatoms. The molecule has 0 atom stereocenters. The lowest BCUT2D eigenvalue weighted by Crippen LogP contribution is -2.35. The molecule has 1 aromatic carbocycles. The zero-order chi connectivity index (χ0) is 24.9. The number of methoxy groups -OCH3 is 1. The van der Waals surface area contributed by atoms with Crippen LogP contribution in [-0.4, -0.2) is 39.9 Å². The molecule has 0 saturated heterocycles. The number of carbonyl (C=O) groups is 2. The number of rotatable bonds is 8. The van der Waals surface area contributed by atoms with Gasteiger partial charge in [-0.2, -0.15) is 5.26 Å². The quantitative estimate of drug-likeness (QED) is 0.514. The fourth-order valence-corrected chi connectivity index (χ4v) is 5.60. The summed E-state index contributed by atoms with van der Waals surface area (Å²) >= 11 is 1.40. The largest absolute Gasteiger partial charge is 0.497 e. The van der Waals surface area contributed by atoms with Crippen molar-refractivity contribution in [3.8, 4) is 11.8 Å². The van der Waals surface area contributed by atoms with Gasteiger partial charge in [0.25, 0.3) is 0 Å². The van der Waals surface area contributed by atoms with E-state index < -0.39 is 0 Å². The summed E-state index contributed by atoms with van der Waals surface area (Å²) in [5.74, 6) is 1.61. The normalized spacial score (nSPS) is 12.7. The second-order valence-electron chi connectivity index (χ2n) is 8.66. The molecule has 0 bridgehead atoms. The first-order valence-electron chi connectivity index (χ1n) is 11.6. The number of anilines is 1. The Bertz CT molecular complexity index is 1290. The van der Waals surface area contributed by atoms with E-state index in [1.165, 1.54) is 11.3 Å². The van der Waals surface area contributed by atoms with Crippen molar-refractivity contribution in [1.82, 2.24) is 14.5 Å². The standard InChI is InChI=1S/C26H29N5O3S/c1-17-15-30(18(2)28-17)12-10-25(33)31-11-9-21-22(14-27)26(35-23(21)16-31)29-24(32)8-7-19-5-4-6-20(13-19)34-3/h4-6,13,15H,7-12,16H2,1-3H3,(H,29,32). The number of hydrogen-bond donors (Lipinski definition) is 1. The molecule has 1 aliphatic rings. The van der Waals surface area contributed by atoms with Crippen molar-refractivity contribution in [3.63, 3.8) is 0 Å². The van der Waals surface area contributed by atoms with E-state index in [9.17, 15) is 14.9 Å². The molecule has 0 saturated carbocycles. The van der Waals surface area contributed by atoms with Crippen LogP contribution in [0.4, 0.5) is 5.00 Å². The number of fused-ring (bicyclic) bond motifs is 1. The number of aromatic nitrogens is 2. The third-order valence-corrected chi connectivity index (χ3v) is 7.34. The van der Waals surface area contributed by atoms with Crippen LogP contribution in [0.25, 0.3) is 0 Å². The van der Waals surface area contributed by atoms with Gasteiger partial charge in [0.15, 0.2) is 0 Å². The zero-order valence-corrected chi connectivity index (χ0v) is 21.1. The summed E-state index contributed by atoms with van der Waals surface area (Å²) in [5, 5.41) is 13.3. The molecule has 2 aromatic heterocycles. The zero-order valence-electron chi connectivity index (χ0n) is 20.3. The van der Waals surface area contributed by atoms with E-state index in [4.69, 9.17) is 4.74 Å². The van der Waals surface area contributed by atoms with Crippen LogP contribution in [-0.2, 0) is 35.5 Å². The third-order valence-electron chi connectivity index (χ3n) is 6.21. The maximum atomic E-state index is 12.9. The molecular weight excluding hydrogens is 462 g/mol. The van der Waals surface area contributed by atoms with Crippen LogP contribution in [0, 0.1) is 25.2 Å². The average Bonchev–Trinajstić information content (AvgIpc) is 3.37. The van der Waals surface area contributed by atoms with Crippen LogP contribution in [0.2, 0.25) is 0 Å². The minimum Gasteiger partial charge on any atom is -0.497 e. The van der Waals surface area contributed by atoms with Crippen LogP contribution >= 0.6 is 11.3 Å². The monoisotopic (exact) mass is 491 g/mol. The Morgan fingerprint density at radius 1 is 1.29 bits per heavy atom. The third kappa shape index (κ3) is 5.72. The Hall–Kier alpha value is -3.64. The van der Waals surface area contributed by atoms with Gasteiger partial charge in [0, 0.05) is 37.0 Å². The smallest absolute Gasteiger partial charge is 0.225 e. The number of imidazole rings is 1. The molecule has 4 rings (SSSR count). The van der Waals surface area contributed by atoms with Gasteiger partial charge >= 0.3 is 0 Å². The van der Waals surface area contributed by atoms with E-state index in [-0.39, 0.29) is 11.8 Å². The molecule has 182 valence electrons. The average molecular weight is 492 g/mol. The predicted molar refractivity (Wildman–Crippen MR) is 134 cm³/mol. The molecule has 0 radical (unpaired) electrons. The molecule has 0 unspecified atom stereocenters. The van der Waals surface area contributed by atoms with Crippen molar-refractivity contribution >= 4 is 28.2 Å². The Kier molecular flexibility index (Phi) is 7.51. The van der Waals surface area contributed by atoms with Crippen LogP contribution in [0.15, 0.2) is 30.5 Å². The summed E-state index contributed by atoms with van der Waals surface area (Å²) in [6, 6.07) is 9.91. The molecule has 35 heavy (non-hydrogen) atoms. The predicted octanol–water partition coefficient (Wildman–Crippen LogP) is 3.99. The Morgan fingerprint density at radius 3 is 2.83 bits per heavy atom. The van der Waals surface area contributed by atoms with Gasteiger partial charge in [-0.3, -0.25) is 9.59 Å². The molecule has 8 nitrogen and oxygen atoms in total. The van der Waals surface area contributed by atoms with Gasteiger partial charge in [-0.25, -0.2) is 4.98 Å². The topological polar surface area (TPSA) is 100 Å². The number of benzene rings is 1. The van der Waals surface area contributed by atoms with E-state index in [2.05, 4.69) is 16.4 Å². The van der Waals surface area contributed by atoms with Crippen molar-refractivity contribution in [3.05, 3.63) is 63.5 Å². The highest BCUT2D eigenvalue weighted by Gasteiger charge is 2.27. The SMILES string of the molecule is COc1cccc(CCC(=O)Nc2sc3c(c2C#N)CCN(C(=O)CCn2cc(C)nc2C)C3)c1. The molecule has 1 N–H and O–H groups in total. The second kappa shape index (κ2) is 10.7. The Morgan fingerprint density at radius 2 is 2.11 bits per heavy atom. The van der Waals surface area contributed by atoms with Crippen molar-refractivity contribution < 1.29 is 14.3 Å². The first-order chi connectivity index (χ1) is 16.9. The lowest BCUT2D eigenvalue weighted by Gasteiger charge is -2.27. The van der Waals surface area contributed by atoms with Crippen LogP contribution in [0.3, 0.4) is 0 Å². The number of nitriles is 1. The molecular formula is C26H29N5O3S. The lowest BCUT2D eigenvalue weighted by molar-refractivity contribution is -0.132.